The zero-order chi connectivity index (χ0) is 24.7. The van der Waals surface area contributed by atoms with Crippen molar-refractivity contribution in [2.45, 2.75) is 44.2 Å². The third kappa shape index (κ3) is 4.04. The minimum Gasteiger partial charge on any atom is -0.479 e. The molecule has 36 heavy (non-hydrogen) atoms. The third-order valence-corrected chi connectivity index (χ3v) is 8.50. The van der Waals surface area contributed by atoms with Crippen LogP contribution in [0.3, 0.4) is 0 Å². The van der Waals surface area contributed by atoms with E-state index < -0.39 is 12.0 Å². The normalized spacial score (nSPS) is 24.4. The second-order valence-electron chi connectivity index (χ2n) is 10.5. The number of aromatic nitrogens is 1. The molecule has 0 bridgehead atoms. The highest BCUT2D eigenvalue weighted by Gasteiger charge is 2.42. The highest BCUT2D eigenvalue weighted by Crippen LogP contribution is 2.42. The lowest BCUT2D eigenvalue weighted by molar-refractivity contribution is -0.140. The summed E-state index contributed by atoms with van der Waals surface area (Å²) in [4.78, 5) is 39.8. The first-order chi connectivity index (χ1) is 17.5. The van der Waals surface area contributed by atoms with Crippen LogP contribution in [0.4, 0.5) is 5.69 Å². The molecule has 8 nitrogen and oxygen atoms in total. The van der Waals surface area contributed by atoms with Gasteiger partial charge in [-0.25, -0.2) is 4.79 Å². The number of aryl methyl sites for hydroxylation is 1. The summed E-state index contributed by atoms with van der Waals surface area (Å²) in [6.07, 6.45) is 13.5. The van der Waals surface area contributed by atoms with Crippen molar-refractivity contribution < 1.29 is 14.7 Å². The van der Waals surface area contributed by atoms with Crippen LogP contribution >= 0.6 is 0 Å². The van der Waals surface area contributed by atoms with Gasteiger partial charge in [0, 0.05) is 68.4 Å². The van der Waals surface area contributed by atoms with Crippen LogP contribution in [0.15, 0.2) is 60.1 Å². The molecular weight excluding hydrogens is 454 g/mol. The van der Waals surface area contributed by atoms with Gasteiger partial charge in [-0.1, -0.05) is 6.07 Å². The molecule has 2 saturated heterocycles. The lowest BCUT2D eigenvalue weighted by atomic mass is 9.77. The topological polar surface area (TPSA) is 89.3 Å². The Morgan fingerprint density at radius 1 is 1.03 bits per heavy atom. The predicted octanol–water partition coefficient (Wildman–Crippen LogP) is 3.51. The molecule has 1 spiro atoms. The number of carboxylic acids is 1. The maximum absolute atomic E-state index is 13.6. The number of anilines is 1. The molecule has 8 heteroatoms. The smallest absolute Gasteiger partial charge is 0.332 e. The largest absolute Gasteiger partial charge is 0.479 e. The van der Waals surface area contributed by atoms with E-state index in [2.05, 4.69) is 33.1 Å². The number of aliphatic carboxylic acids is 1. The van der Waals surface area contributed by atoms with E-state index in [1.54, 1.807) is 12.4 Å². The lowest BCUT2D eigenvalue weighted by Crippen LogP contribution is -2.42. The fourth-order valence-electron chi connectivity index (χ4n) is 6.42. The predicted molar refractivity (Wildman–Crippen MR) is 137 cm³/mol. The van der Waals surface area contributed by atoms with Gasteiger partial charge in [-0.05, 0) is 72.9 Å². The number of carbonyl (C=O) groups excluding carboxylic acids is 1. The van der Waals surface area contributed by atoms with Crippen LogP contribution in [0, 0.1) is 5.41 Å². The molecule has 1 amide bonds. The van der Waals surface area contributed by atoms with Crippen molar-refractivity contribution in [1.82, 2.24) is 14.8 Å². The fraction of sp³-hybridized carbons (Fsp3) is 0.429. The van der Waals surface area contributed by atoms with Crippen LogP contribution in [-0.2, 0) is 11.2 Å². The van der Waals surface area contributed by atoms with Crippen molar-refractivity contribution in [2.24, 2.45) is 10.4 Å². The molecule has 1 N–H and O–H groups in total. The van der Waals surface area contributed by atoms with Crippen LogP contribution < -0.4 is 4.90 Å². The van der Waals surface area contributed by atoms with E-state index in [-0.39, 0.29) is 17.4 Å². The molecule has 2 unspecified atom stereocenters. The van der Waals surface area contributed by atoms with Gasteiger partial charge in [-0.2, -0.15) is 0 Å². The molecule has 186 valence electrons. The summed E-state index contributed by atoms with van der Waals surface area (Å²) in [5, 5.41) is 9.67. The molecule has 1 aliphatic carbocycles. The number of piperidine rings is 1. The third-order valence-electron chi connectivity index (χ3n) is 8.50. The van der Waals surface area contributed by atoms with Gasteiger partial charge < -0.3 is 19.8 Å². The Balaban J connectivity index is 1.15. The number of pyridine rings is 1. The van der Waals surface area contributed by atoms with E-state index in [1.807, 2.05) is 34.3 Å². The maximum Gasteiger partial charge on any atom is 0.332 e. The molecule has 4 aliphatic rings. The Hall–Kier alpha value is -3.68. The fourth-order valence-corrected chi connectivity index (χ4v) is 6.42. The first kappa shape index (κ1) is 22.8. The van der Waals surface area contributed by atoms with Gasteiger partial charge in [0.25, 0.3) is 5.91 Å². The molecule has 6 rings (SSSR count). The Morgan fingerprint density at radius 3 is 2.58 bits per heavy atom. The number of aliphatic imine (C=N–C) groups is 1. The van der Waals surface area contributed by atoms with E-state index in [1.165, 1.54) is 17.5 Å². The first-order valence-corrected chi connectivity index (χ1v) is 12.8. The molecule has 4 heterocycles. The summed E-state index contributed by atoms with van der Waals surface area (Å²) in [6, 6.07) is 9.28. The van der Waals surface area contributed by atoms with Gasteiger partial charge in [-0.15, -0.1) is 0 Å². The van der Waals surface area contributed by atoms with Crippen LogP contribution in [-0.4, -0.2) is 70.2 Å². The molecule has 1 aromatic carbocycles. The maximum atomic E-state index is 13.6. The van der Waals surface area contributed by atoms with E-state index in [9.17, 15) is 14.7 Å². The monoisotopic (exact) mass is 485 g/mol. The molecule has 1 aromatic heterocycles. The number of benzene rings is 1. The Morgan fingerprint density at radius 2 is 1.81 bits per heavy atom. The molecule has 2 fully saturated rings. The molecule has 0 saturated carbocycles. The Bertz CT molecular complexity index is 1220. The minimum absolute atomic E-state index is 0.0701. The Labute approximate surface area is 210 Å². The lowest BCUT2D eigenvalue weighted by Gasteiger charge is -2.40. The van der Waals surface area contributed by atoms with Crippen molar-refractivity contribution in [3.05, 3.63) is 71.8 Å². The van der Waals surface area contributed by atoms with E-state index >= 15 is 0 Å². The van der Waals surface area contributed by atoms with Crippen LogP contribution in [0.5, 0.6) is 0 Å². The zero-order valence-electron chi connectivity index (χ0n) is 20.3. The SMILES string of the molecule is O=C(O)C1C=NC=CN1C1CCc2ccc(C(=O)N3CCC4(CCN(c5ccncc5)CC4)C3)cc21. The molecule has 0 radical (unpaired) electrons. The van der Waals surface area contributed by atoms with E-state index in [0.29, 0.717) is 5.56 Å². The minimum atomic E-state index is -0.916. The van der Waals surface area contributed by atoms with E-state index in [0.717, 1.165) is 63.8 Å². The number of hydrogen-bond acceptors (Lipinski definition) is 6. The number of fused-ring (bicyclic) bond motifs is 1. The molecule has 2 aromatic rings. The second kappa shape index (κ2) is 9.08. The summed E-state index contributed by atoms with van der Waals surface area (Å²) >= 11 is 0. The average Bonchev–Trinajstić information content (AvgIpc) is 3.53. The summed E-state index contributed by atoms with van der Waals surface area (Å²) < 4.78 is 0. The van der Waals surface area contributed by atoms with Crippen molar-refractivity contribution in [2.75, 3.05) is 31.1 Å². The molecule has 3 aliphatic heterocycles. The Kier molecular flexibility index (Phi) is 5.74. The van der Waals surface area contributed by atoms with Crippen LogP contribution in [0.25, 0.3) is 0 Å². The van der Waals surface area contributed by atoms with Crippen LogP contribution in [0.2, 0.25) is 0 Å². The van der Waals surface area contributed by atoms with Gasteiger partial charge in [0.1, 0.15) is 0 Å². The number of nitrogens with zero attached hydrogens (tertiary/aromatic N) is 5. The summed E-state index contributed by atoms with van der Waals surface area (Å²) in [6.45, 7) is 3.61. The summed E-state index contributed by atoms with van der Waals surface area (Å²) in [5.74, 6) is -0.830. The number of rotatable bonds is 4. The van der Waals surface area contributed by atoms with Gasteiger partial charge in [0.15, 0.2) is 6.04 Å². The number of carbonyl (C=O) groups is 2. The van der Waals surface area contributed by atoms with Crippen LogP contribution in [0.1, 0.15) is 53.2 Å². The summed E-state index contributed by atoms with van der Waals surface area (Å²) in [5.41, 5.74) is 4.38. The number of amides is 1. The summed E-state index contributed by atoms with van der Waals surface area (Å²) in [7, 11) is 0. The van der Waals surface area contributed by atoms with Gasteiger partial charge in [0.2, 0.25) is 0 Å². The van der Waals surface area contributed by atoms with Crippen molar-refractivity contribution >= 4 is 23.8 Å². The average molecular weight is 486 g/mol. The van der Waals surface area contributed by atoms with Gasteiger partial charge >= 0.3 is 5.97 Å². The van der Waals surface area contributed by atoms with E-state index in [4.69, 9.17) is 0 Å². The standard InChI is InChI=1S/C28H31N5O3/c34-26(32-15-9-28(19-32)7-13-31(14-8-28)22-5-10-29-11-6-22)21-2-1-20-3-4-24(23(20)17-21)33-16-12-30-18-25(33)27(35)36/h1-2,5-6,10-12,16-18,24-25H,3-4,7-9,13-15,19H2,(H,35,36). The van der Waals surface area contributed by atoms with Crippen molar-refractivity contribution in [3.63, 3.8) is 0 Å². The number of carboxylic acid groups (broad SMARTS) is 1. The highest BCUT2D eigenvalue weighted by molar-refractivity contribution is 5.95. The van der Waals surface area contributed by atoms with Crippen molar-refractivity contribution in [3.8, 4) is 0 Å². The quantitative estimate of drug-likeness (QED) is 0.713. The zero-order valence-corrected chi connectivity index (χ0v) is 20.3. The van der Waals surface area contributed by atoms with Gasteiger partial charge in [-0.3, -0.25) is 14.8 Å². The first-order valence-electron chi connectivity index (χ1n) is 12.8. The van der Waals surface area contributed by atoms with Gasteiger partial charge in [0.05, 0.1) is 6.04 Å². The van der Waals surface area contributed by atoms with Crippen molar-refractivity contribution in [1.29, 1.82) is 0 Å². The molecule has 2 atom stereocenters. The number of hydrogen-bond donors (Lipinski definition) is 1. The highest BCUT2D eigenvalue weighted by atomic mass is 16.4. The second-order valence-corrected chi connectivity index (χ2v) is 10.5. The number of likely N-dealkylation sites (tertiary alicyclic amines) is 1. The molecular formula is C28H31N5O3.